The minimum absolute atomic E-state index is 0. The lowest BCUT2D eigenvalue weighted by Gasteiger charge is -2.25. The number of unbranched alkanes of at least 4 members (excludes halogenated alkanes) is 2. The van der Waals surface area contributed by atoms with Crippen molar-refractivity contribution in [3.05, 3.63) is 53.6 Å². The molecule has 3 N–H and O–H groups in total. The van der Waals surface area contributed by atoms with E-state index in [1.54, 1.807) is 18.2 Å². The van der Waals surface area contributed by atoms with E-state index in [4.69, 9.17) is 0 Å². The standard InChI is InChI=1S/C27H40N2O3.2BrH/c1-2-14-28(18-13-22-8-6-10-25(30)20-22)15-4-3-5-16-29-17-7-9-24(29)19-23-11-12-26(31)27(32)21-23;;/h6,8,10-12,20-21,24,30-32H,2-5,7,9,13-19H2,1H3;2*1H. The van der Waals surface area contributed by atoms with Crippen molar-refractivity contribution in [2.45, 2.75) is 64.3 Å². The highest BCUT2D eigenvalue weighted by molar-refractivity contribution is 8.93. The summed E-state index contributed by atoms with van der Waals surface area (Å²) in [4.78, 5) is 5.16. The van der Waals surface area contributed by atoms with E-state index >= 15 is 0 Å². The van der Waals surface area contributed by atoms with Crippen molar-refractivity contribution in [3.63, 3.8) is 0 Å². The summed E-state index contributed by atoms with van der Waals surface area (Å²) in [6.07, 6.45) is 9.24. The summed E-state index contributed by atoms with van der Waals surface area (Å²) in [7, 11) is 0. The molecular formula is C27H42Br2N2O3. The number of halogens is 2. The molecule has 1 saturated heterocycles. The van der Waals surface area contributed by atoms with Crippen LogP contribution in [0.3, 0.4) is 0 Å². The predicted molar refractivity (Wildman–Crippen MR) is 151 cm³/mol. The molecule has 3 rings (SSSR count). The van der Waals surface area contributed by atoms with E-state index in [2.05, 4.69) is 22.8 Å². The molecule has 1 aliphatic rings. The van der Waals surface area contributed by atoms with E-state index in [1.807, 2.05) is 18.2 Å². The maximum Gasteiger partial charge on any atom is 0.157 e. The van der Waals surface area contributed by atoms with E-state index in [0.29, 0.717) is 11.8 Å². The Morgan fingerprint density at radius 3 is 2.44 bits per heavy atom. The number of benzene rings is 2. The summed E-state index contributed by atoms with van der Waals surface area (Å²) in [5.41, 5.74) is 2.30. The van der Waals surface area contributed by atoms with Crippen LogP contribution in [0.4, 0.5) is 0 Å². The predicted octanol–water partition coefficient (Wildman–Crippen LogP) is 6.09. The largest absolute Gasteiger partial charge is 0.508 e. The highest BCUT2D eigenvalue weighted by Gasteiger charge is 2.24. The maximum atomic E-state index is 9.76. The molecular weight excluding hydrogens is 560 g/mol. The molecule has 2 aromatic carbocycles. The van der Waals surface area contributed by atoms with Crippen molar-refractivity contribution in [1.82, 2.24) is 9.80 Å². The average molecular weight is 602 g/mol. The van der Waals surface area contributed by atoms with Crippen LogP contribution in [0.5, 0.6) is 17.2 Å². The summed E-state index contributed by atoms with van der Waals surface area (Å²) in [6.45, 7) is 7.87. The molecule has 1 unspecified atom stereocenters. The fraction of sp³-hybridized carbons (Fsp3) is 0.556. The van der Waals surface area contributed by atoms with Crippen LogP contribution in [0.15, 0.2) is 42.5 Å². The number of likely N-dealkylation sites (tertiary alicyclic amines) is 1. The molecule has 0 bridgehead atoms. The first kappa shape index (κ1) is 30.8. The van der Waals surface area contributed by atoms with Crippen LogP contribution < -0.4 is 0 Å². The van der Waals surface area contributed by atoms with Crippen molar-refractivity contribution < 1.29 is 15.3 Å². The Balaban J connectivity index is 0.00000289. The third kappa shape index (κ3) is 10.1. The van der Waals surface area contributed by atoms with Crippen molar-refractivity contribution in [2.24, 2.45) is 0 Å². The SMILES string of the molecule is Br.Br.CCCN(CCCCCN1CCCC1Cc1ccc(O)c(O)c1)CCc1cccc(O)c1. The quantitative estimate of drug-likeness (QED) is 0.191. The van der Waals surface area contributed by atoms with Gasteiger partial charge in [-0.25, -0.2) is 0 Å². The summed E-state index contributed by atoms with van der Waals surface area (Å²) in [5, 5.41) is 28.9. The van der Waals surface area contributed by atoms with E-state index in [-0.39, 0.29) is 45.5 Å². The Morgan fingerprint density at radius 2 is 1.71 bits per heavy atom. The molecule has 7 heteroatoms. The first-order chi connectivity index (χ1) is 15.5. The van der Waals surface area contributed by atoms with Gasteiger partial charge in [0.2, 0.25) is 0 Å². The van der Waals surface area contributed by atoms with Gasteiger partial charge in [-0.05, 0) is 107 Å². The van der Waals surface area contributed by atoms with Crippen molar-refractivity contribution in [2.75, 3.05) is 32.7 Å². The van der Waals surface area contributed by atoms with Crippen LogP contribution >= 0.6 is 34.0 Å². The van der Waals surface area contributed by atoms with Crippen LogP contribution in [-0.4, -0.2) is 63.9 Å². The molecule has 0 radical (unpaired) electrons. The first-order valence-electron chi connectivity index (χ1n) is 12.3. The van der Waals surface area contributed by atoms with Crippen LogP contribution in [0.2, 0.25) is 0 Å². The van der Waals surface area contributed by atoms with Gasteiger partial charge in [0.25, 0.3) is 0 Å². The van der Waals surface area contributed by atoms with Gasteiger partial charge in [-0.2, -0.15) is 0 Å². The lowest BCUT2D eigenvalue weighted by atomic mass is 10.0. The maximum absolute atomic E-state index is 9.76. The highest BCUT2D eigenvalue weighted by atomic mass is 79.9. The van der Waals surface area contributed by atoms with Gasteiger partial charge in [0.15, 0.2) is 11.5 Å². The van der Waals surface area contributed by atoms with E-state index < -0.39 is 0 Å². The molecule has 1 atom stereocenters. The monoisotopic (exact) mass is 600 g/mol. The minimum Gasteiger partial charge on any atom is -0.508 e. The fourth-order valence-electron chi connectivity index (χ4n) is 4.87. The second-order valence-electron chi connectivity index (χ2n) is 9.18. The number of hydrogen-bond acceptors (Lipinski definition) is 5. The molecule has 192 valence electrons. The molecule has 1 fully saturated rings. The van der Waals surface area contributed by atoms with Gasteiger partial charge in [-0.15, -0.1) is 34.0 Å². The summed E-state index contributed by atoms with van der Waals surface area (Å²) >= 11 is 0. The third-order valence-electron chi connectivity index (χ3n) is 6.60. The Labute approximate surface area is 226 Å². The molecule has 0 aliphatic carbocycles. The Bertz CT molecular complexity index is 837. The van der Waals surface area contributed by atoms with Gasteiger partial charge in [0.05, 0.1) is 0 Å². The Hall–Kier alpha value is -1.28. The van der Waals surface area contributed by atoms with Crippen LogP contribution in [-0.2, 0) is 12.8 Å². The second kappa shape index (κ2) is 16.4. The summed E-state index contributed by atoms with van der Waals surface area (Å²) in [5.74, 6) is 0.288. The van der Waals surface area contributed by atoms with Crippen LogP contribution in [0.25, 0.3) is 0 Å². The molecule has 5 nitrogen and oxygen atoms in total. The molecule has 1 heterocycles. The highest BCUT2D eigenvalue weighted by Crippen LogP contribution is 2.28. The molecule has 0 saturated carbocycles. The molecule has 0 spiro atoms. The van der Waals surface area contributed by atoms with Gasteiger partial charge >= 0.3 is 0 Å². The number of aromatic hydroxyl groups is 3. The number of phenolic OH excluding ortho intramolecular Hbond substituents is 3. The number of nitrogens with zero attached hydrogens (tertiary/aromatic N) is 2. The molecule has 34 heavy (non-hydrogen) atoms. The van der Waals surface area contributed by atoms with Crippen molar-refractivity contribution >= 4 is 34.0 Å². The smallest absolute Gasteiger partial charge is 0.157 e. The van der Waals surface area contributed by atoms with E-state index in [0.717, 1.165) is 44.6 Å². The molecule has 0 aromatic heterocycles. The van der Waals surface area contributed by atoms with E-state index in [9.17, 15) is 15.3 Å². The number of hydrogen-bond donors (Lipinski definition) is 3. The fourth-order valence-corrected chi connectivity index (χ4v) is 4.87. The minimum atomic E-state index is -0.0453. The van der Waals surface area contributed by atoms with Gasteiger partial charge in [-0.3, -0.25) is 0 Å². The Kier molecular flexibility index (Phi) is 14.8. The number of rotatable bonds is 13. The van der Waals surface area contributed by atoms with Crippen LogP contribution in [0, 0.1) is 0 Å². The Morgan fingerprint density at radius 1 is 0.882 bits per heavy atom. The first-order valence-corrected chi connectivity index (χ1v) is 12.3. The zero-order valence-electron chi connectivity index (χ0n) is 20.4. The normalized spacial score (nSPS) is 15.8. The zero-order chi connectivity index (χ0) is 22.8. The summed E-state index contributed by atoms with van der Waals surface area (Å²) < 4.78 is 0. The second-order valence-corrected chi connectivity index (χ2v) is 9.18. The lowest BCUT2D eigenvalue weighted by Crippen LogP contribution is -2.32. The van der Waals surface area contributed by atoms with Gasteiger partial charge in [0.1, 0.15) is 5.75 Å². The average Bonchev–Trinajstić information content (AvgIpc) is 3.21. The lowest BCUT2D eigenvalue weighted by molar-refractivity contribution is 0.238. The van der Waals surface area contributed by atoms with Crippen LogP contribution in [0.1, 0.15) is 56.6 Å². The third-order valence-corrected chi connectivity index (χ3v) is 6.60. The molecule has 0 amide bonds. The van der Waals surface area contributed by atoms with E-state index in [1.165, 1.54) is 50.6 Å². The van der Waals surface area contributed by atoms with Gasteiger partial charge in [-0.1, -0.05) is 31.5 Å². The van der Waals surface area contributed by atoms with Gasteiger partial charge < -0.3 is 25.1 Å². The zero-order valence-corrected chi connectivity index (χ0v) is 23.8. The molecule has 2 aromatic rings. The topological polar surface area (TPSA) is 67.2 Å². The van der Waals surface area contributed by atoms with Gasteiger partial charge in [0, 0.05) is 12.6 Å². The number of phenols is 3. The summed E-state index contributed by atoms with van der Waals surface area (Å²) in [6, 6.07) is 13.4. The van der Waals surface area contributed by atoms with Crippen molar-refractivity contribution in [3.8, 4) is 17.2 Å². The molecule has 1 aliphatic heterocycles. The van der Waals surface area contributed by atoms with Crippen molar-refractivity contribution in [1.29, 1.82) is 0 Å².